The molecule has 0 saturated carbocycles. The van der Waals surface area contributed by atoms with Gasteiger partial charge < -0.3 is 4.42 Å². The first kappa shape index (κ1) is 21.5. The van der Waals surface area contributed by atoms with E-state index in [2.05, 4.69) is 9.98 Å². The van der Waals surface area contributed by atoms with Gasteiger partial charge in [0.1, 0.15) is 17.6 Å². The Hall–Kier alpha value is -3.71. The molecule has 4 rings (SSSR count). The molecule has 0 radical (unpaired) electrons. The fraction of sp³-hybridized carbons (Fsp3) is 0.222. The molecule has 1 aromatic carbocycles. The number of imide groups is 1. The second-order valence-electron chi connectivity index (χ2n) is 6.68. The first-order valence-electron chi connectivity index (χ1n) is 8.63. The van der Waals surface area contributed by atoms with E-state index < -0.39 is 59.0 Å². The quantitative estimate of drug-likeness (QED) is 0.689. The average molecular weight is 462 g/mol. The van der Waals surface area contributed by atoms with E-state index in [1.807, 2.05) is 0 Å². The van der Waals surface area contributed by atoms with E-state index in [1.165, 1.54) is 11.4 Å². The number of halogens is 7. The summed E-state index contributed by atoms with van der Waals surface area (Å²) < 4.78 is 103. The van der Waals surface area contributed by atoms with Crippen LogP contribution < -0.4 is 10.2 Å². The lowest BCUT2D eigenvalue weighted by atomic mass is 9.78. The number of amides is 3. The fourth-order valence-electron chi connectivity index (χ4n) is 3.41. The number of carbonyl (C=O) groups excluding carboxylic acids is 2. The van der Waals surface area contributed by atoms with Gasteiger partial charge in [-0.05, 0) is 36.4 Å². The standard InChI is InChI=1S/C18H9F7N4O3/c19-8-3-5-9(6-4-8)29-13-11(14(30)27-15(29)31)16(17(20,21)22,18(23,24)25)28-12(26-13)10-2-1-7-32-10/h1-7,11H,(H,27,30,31). The number of hydrogen-bond acceptors (Lipinski definition) is 5. The summed E-state index contributed by atoms with van der Waals surface area (Å²) in [7, 11) is 0. The van der Waals surface area contributed by atoms with Crippen molar-refractivity contribution in [1.82, 2.24) is 5.32 Å². The minimum absolute atomic E-state index is 0.329. The van der Waals surface area contributed by atoms with Crippen molar-refractivity contribution in [2.24, 2.45) is 15.9 Å². The topological polar surface area (TPSA) is 87.3 Å². The Bertz CT molecular complexity index is 1120. The van der Waals surface area contributed by atoms with E-state index >= 15 is 0 Å². The number of nitrogens with one attached hydrogen (secondary N) is 1. The molecule has 32 heavy (non-hydrogen) atoms. The number of alkyl halides is 6. The van der Waals surface area contributed by atoms with Gasteiger partial charge in [-0.15, -0.1) is 0 Å². The van der Waals surface area contributed by atoms with Gasteiger partial charge in [-0.1, -0.05) is 0 Å². The van der Waals surface area contributed by atoms with E-state index in [0.29, 0.717) is 4.90 Å². The molecule has 3 heterocycles. The maximum Gasteiger partial charge on any atom is 0.423 e. The molecule has 168 valence electrons. The zero-order valence-electron chi connectivity index (χ0n) is 15.3. The Kier molecular flexibility index (Phi) is 4.64. The monoisotopic (exact) mass is 462 g/mol. The molecule has 1 N–H and O–H groups in total. The molecule has 0 spiro atoms. The summed E-state index contributed by atoms with van der Waals surface area (Å²) in [6, 6.07) is 4.28. The molecule has 1 saturated heterocycles. The summed E-state index contributed by atoms with van der Waals surface area (Å²) in [4.78, 5) is 31.7. The fourth-order valence-corrected chi connectivity index (χ4v) is 3.41. The third kappa shape index (κ3) is 3.05. The average Bonchev–Trinajstić information content (AvgIpc) is 3.21. The number of amidine groups is 2. The molecule has 3 amide bonds. The van der Waals surface area contributed by atoms with Crippen LogP contribution in [0.4, 0.5) is 41.2 Å². The number of carbonyl (C=O) groups is 2. The van der Waals surface area contributed by atoms with Gasteiger partial charge in [0, 0.05) is 0 Å². The van der Waals surface area contributed by atoms with Crippen molar-refractivity contribution in [3.05, 3.63) is 54.2 Å². The summed E-state index contributed by atoms with van der Waals surface area (Å²) in [6.07, 6.45) is -11.3. The van der Waals surface area contributed by atoms with Gasteiger partial charge in [0.2, 0.25) is 5.91 Å². The number of rotatable bonds is 2. The van der Waals surface area contributed by atoms with Crippen LogP contribution in [0, 0.1) is 11.7 Å². The second-order valence-corrected chi connectivity index (χ2v) is 6.68. The van der Waals surface area contributed by atoms with Crippen LogP contribution >= 0.6 is 0 Å². The van der Waals surface area contributed by atoms with Gasteiger partial charge >= 0.3 is 18.4 Å². The van der Waals surface area contributed by atoms with Crippen LogP contribution in [0.5, 0.6) is 0 Å². The minimum Gasteiger partial charge on any atom is -0.461 e. The Morgan fingerprint density at radius 3 is 2.16 bits per heavy atom. The highest BCUT2D eigenvalue weighted by Crippen LogP contribution is 2.53. The zero-order chi connectivity index (χ0) is 23.5. The Labute approximate surface area is 173 Å². The van der Waals surface area contributed by atoms with Crippen molar-refractivity contribution in [3.8, 4) is 0 Å². The van der Waals surface area contributed by atoms with E-state index in [9.17, 15) is 40.3 Å². The first-order valence-corrected chi connectivity index (χ1v) is 8.63. The molecular weight excluding hydrogens is 453 g/mol. The van der Waals surface area contributed by atoms with Crippen LogP contribution in [0.1, 0.15) is 5.76 Å². The van der Waals surface area contributed by atoms with Crippen molar-refractivity contribution >= 4 is 29.3 Å². The maximum atomic E-state index is 14.1. The van der Waals surface area contributed by atoms with Crippen LogP contribution in [0.2, 0.25) is 0 Å². The van der Waals surface area contributed by atoms with Crippen molar-refractivity contribution in [1.29, 1.82) is 0 Å². The molecule has 0 bridgehead atoms. The number of aliphatic imine (C=N–C) groups is 2. The van der Waals surface area contributed by atoms with E-state index in [0.717, 1.165) is 36.6 Å². The molecular formula is C18H9F7N4O3. The first-order chi connectivity index (χ1) is 14.9. The number of nitrogens with zero attached hydrogens (tertiary/aromatic N) is 3. The molecule has 1 atom stereocenters. The molecule has 1 aromatic heterocycles. The number of urea groups is 1. The summed E-state index contributed by atoms with van der Waals surface area (Å²) in [5.41, 5.74) is -5.32. The van der Waals surface area contributed by atoms with Crippen molar-refractivity contribution in [2.45, 2.75) is 17.9 Å². The molecule has 1 fully saturated rings. The third-order valence-corrected chi connectivity index (χ3v) is 4.79. The minimum atomic E-state index is -6.14. The molecule has 1 unspecified atom stereocenters. The van der Waals surface area contributed by atoms with Gasteiger partial charge in [0.05, 0.1) is 12.0 Å². The summed E-state index contributed by atoms with van der Waals surface area (Å²) in [5, 5.41) is 1.47. The highest BCUT2D eigenvalue weighted by atomic mass is 19.4. The predicted molar refractivity (Wildman–Crippen MR) is 93.4 cm³/mol. The number of hydrogen-bond donors (Lipinski definition) is 1. The number of anilines is 1. The van der Waals surface area contributed by atoms with Crippen LogP contribution in [-0.2, 0) is 4.79 Å². The van der Waals surface area contributed by atoms with Crippen LogP contribution in [0.3, 0.4) is 0 Å². The van der Waals surface area contributed by atoms with Crippen molar-refractivity contribution < 1.29 is 44.7 Å². The van der Waals surface area contributed by atoms with Crippen LogP contribution in [-0.4, -0.2) is 41.5 Å². The van der Waals surface area contributed by atoms with Gasteiger partial charge in [-0.2, -0.15) is 26.3 Å². The molecule has 2 aliphatic rings. The largest absolute Gasteiger partial charge is 0.461 e. The lowest BCUT2D eigenvalue weighted by molar-refractivity contribution is -0.302. The van der Waals surface area contributed by atoms with Crippen LogP contribution in [0.25, 0.3) is 0 Å². The van der Waals surface area contributed by atoms with Crippen molar-refractivity contribution in [3.63, 3.8) is 0 Å². The third-order valence-electron chi connectivity index (χ3n) is 4.79. The van der Waals surface area contributed by atoms with Gasteiger partial charge in [-0.25, -0.2) is 24.1 Å². The lowest BCUT2D eigenvalue weighted by Gasteiger charge is -2.45. The number of furan rings is 1. The molecule has 7 nitrogen and oxygen atoms in total. The van der Waals surface area contributed by atoms with Gasteiger partial charge in [0.15, 0.2) is 11.6 Å². The number of fused-ring (bicyclic) bond motifs is 1. The van der Waals surface area contributed by atoms with Crippen molar-refractivity contribution in [2.75, 3.05) is 4.90 Å². The smallest absolute Gasteiger partial charge is 0.423 e. The normalized spacial score (nSPS) is 21.0. The summed E-state index contributed by atoms with van der Waals surface area (Å²) >= 11 is 0. The molecule has 2 aliphatic heterocycles. The zero-order valence-corrected chi connectivity index (χ0v) is 15.3. The molecule has 14 heteroatoms. The maximum absolute atomic E-state index is 14.1. The number of benzene rings is 1. The molecule has 0 aliphatic carbocycles. The lowest BCUT2D eigenvalue weighted by Crippen LogP contribution is -2.73. The highest BCUT2D eigenvalue weighted by molar-refractivity contribution is 6.32. The van der Waals surface area contributed by atoms with Gasteiger partial charge in [-0.3, -0.25) is 10.1 Å². The highest BCUT2D eigenvalue weighted by Gasteiger charge is 2.79. The summed E-state index contributed by atoms with van der Waals surface area (Å²) in [6.45, 7) is 0. The van der Waals surface area contributed by atoms with E-state index in [1.54, 1.807) is 0 Å². The van der Waals surface area contributed by atoms with E-state index in [4.69, 9.17) is 4.42 Å². The predicted octanol–water partition coefficient (Wildman–Crippen LogP) is 3.81. The summed E-state index contributed by atoms with van der Waals surface area (Å²) in [5.74, 6) is -8.69. The SMILES string of the molecule is O=C1NC(=O)N(c2ccc(F)cc2)C2=NC(c3ccco3)=NC(C(F)(F)F)(C(F)(F)F)C12. The molecule has 2 aromatic rings. The Morgan fingerprint density at radius 1 is 1.00 bits per heavy atom. The van der Waals surface area contributed by atoms with Crippen LogP contribution in [0.15, 0.2) is 57.1 Å². The second kappa shape index (κ2) is 6.90. The van der Waals surface area contributed by atoms with E-state index in [-0.39, 0.29) is 5.69 Å². The van der Waals surface area contributed by atoms with Gasteiger partial charge in [0.25, 0.3) is 5.54 Å². The Morgan fingerprint density at radius 2 is 1.62 bits per heavy atom. The Balaban J connectivity index is 2.04.